The van der Waals surface area contributed by atoms with Crippen molar-refractivity contribution in [1.29, 1.82) is 0 Å². The lowest BCUT2D eigenvalue weighted by molar-refractivity contribution is 0.801. The Hall–Kier alpha value is -1.10. The zero-order chi connectivity index (χ0) is 7.84. The lowest BCUT2D eigenvalue weighted by atomic mass is 10.4. The molecule has 0 amide bonds. The minimum atomic E-state index is 0.638. The van der Waals surface area contributed by atoms with Crippen LogP contribution >= 0.6 is 15.9 Å². The molecule has 2 aromatic rings. The normalized spacial score (nSPS) is 10.6. The SMILES string of the molecule is Nc1cnn2ncc(Br)c2c1. The van der Waals surface area contributed by atoms with Crippen LogP contribution in [-0.4, -0.2) is 14.8 Å². The molecular weight excluding hydrogens is 208 g/mol. The summed E-state index contributed by atoms with van der Waals surface area (Å²) in [5, 5.41) is 7.91. The Morgan fingerprint density at radius 1 is 1.36 bits per heavy atom. The molecule has 2 N–H and O–H groups in total. The van der Waals surface area contributed by atoms with Gasteiger partial charge in [-0.3, -0.25) is 0 Å². The Morgan fingerprint density at radius 3 is 2.91 bits per heavy atom. The lowest BCUT2D eigenvalue weighted by Crippen LogP contribution is -1.94. The molecule has 5 heteroatoms. The van der Waals surface area contributed by atoms with Crippen LogP contribution in [0.4, 0.5) is 5.69 Å². The van der Waals surface area contributed by atoms with Crippen LogP contribution in [0, 0.1) is 0 Å². The summed E-state index contributed by atoms with van der Waals surface area (Å²) in [6.07, 6.45) is 3.24. The number of aromatic nitrogens is 3. The van der Waals surface area contributed by atoms with Crippen LogP contribution in [0.1, 0.15) is 0 Å². The van der Waals surface area contributed by atoms with E-state index in [-0.39, 0.29) is 0 Å². The molecule has 2 rings (SSSR count). The van der Waals surface area contributed by atoms with Gasteiger partial charge < -0.3 is 5.73 Å². The summed E-state index contributed by atoms with van der Waals surface area (Å²) in [5.41, 5.74) is 7.04. The van der Waals surface area contributed by atoms with Gasteiger partial charge in [0.15, 0.2) is 0 Å². The van der Waals surface area contributed by atoms with E-state index >= 15 is 0 Å². The monoisotopic (exact) mass is 212 g/mol. The Kier molecular flexibility index (Phi) is 1.32. The number of halogens is 1. The Labute approximate surface area is 71.1 Å². The second-order valence-corrected chi connectivity index (χ2v) is 3.01. The van der Waals surface area contributed by atoms with Crippen LogP contribution in [0.15, 0.2) is 22.9 Å². The number of nitrogens with zero attached hydrogens (tertiary/aromatic N) is 3. The topological polar surface area (TPSA) is 56.2 Å². The third-order valence-corrected chi connectivity index (χ3v) is 1.97. The predicted molar refractivity (Wildman–Crippen MR) is 45.1 cm³/mol. The van der Waals surface area contributed by atoms with Gasteiger partial charge in [0, 0.05) is 0 Å². The third-order valence-electron chi connectivity index (χ3n) is 1.36. The van der Waals surface area contributed by atoms with Gasteiger partial charge in [-0.15, -0.1) is 0 Å². The molecule has 0 aromatic carbocycles. The summed E-state index contributed by atoms with van der Waals surface area (Å²) >= 11 is 3.32. The number of anilines is 1. The van der Waals surface area contributed by atoms with Crippen LogP contribution in [0.25, 0.3) is 5.52 Å². The molecule has 0 saturated heterocycles. The van der Waals surface area contributed by atoms with Crippen molar-refractivity contribution < 1.29 is 0 Å². The molecular formula is C6H5BrN4. The first kappa shape index (κ1) is 6.60. The maximum absolute atomic E-state index is 5.53. The first-order valence-electron chi connectivity index (χ1n) is 3.02. The maximum atomic E-state index is 5.53. The smallest absolute Gasteiger partial charge is 0.104 e. The molecule has 4 nitrogen and oxygen atoms in total. The molecule has 2 heterocycles. The molecule has 2 aromatic heterocycles. The highest BCUT2D eigenvalue weighted by molar-refractivity contribution is 9.10. The van der Waals surface area contributed by atoms with Gasteiger partial charge in [0.1, 0.15) is 5.52 Å². The molecule has 0 aliphatic carbocycles. The predicted octanol–water partition coefficient (Wildman–Crippen LogP) is 1.07. The lowest BCUT2D eigenvalue weighted by Gasteiger charge is -1.92. The van der Waals surface area contributed by atoms with Crippen molar-refractivity contribution in [2.45, 2.75) is 0 Å². The molecule has 0 fully saturated rings. The summed E-state index contributed by atoms with van der Waals surface area (Å²) in [5.74, 6) is 0. The van der Waals surface area contributed by atoms with E-state index in [1.807, 2.05) is 6.07 Å². The van der Waals surface area contributed by atoms with Crippen molar-refractivity contribution in [3.8, 4) is 0 Å². The number of fused-ring (bicyclic) bond motifs is 1. The van der Waals surface area contributed by atoms with Gasteiger partial charge in [-0.2, -0.15) is 14.8 Å². The number of hydrogen-bond acceptors (Lipinski definition) is 3. The van der Waals surface area contributed by atoms with Crippen molar-refractivity contribution in [2.75, 3.05) is 5.73 Å². The highest BCUT2D eigenvalue weighted by atomic mass is 79.9. The zero-order valence-electron chi connectivity index (χ0n) is 5.53. The van der Waals surface area contributed by atoms with Gasteiger partial charge >= 0.3 is 0 Å². The van der Waals surface area contributed by atoms with E-state index in [0.717, 1.165) is 9.99 Å². The molecule has 0 saturated carbocycles. The first-order valence-corrected chi connectivity index (χ1v) is 3.82. The molecule has 0 radical (unpaired) electrons. The Balaban J connectivity index is 2.87. The highest BCUT2D eigenvalue weighted by Gasteiger charge is 2.00. The minimum Gasteiger partial charge on any atom is -0.397 e. The van der Waals surface area contributed by atoms with E-state index in [9.17, 15) is 0 Å². The van der Waals surface area contributed by atoms with Crippen LogP contribution in [0.5, 0.6) is 0 Å². The first-order chi connectivity index (χ1) is 5.27. The standard InChI is InChI=1S/C6H5BrN4/c7-5-3-10-11-6(5)1-4(8)2-9-11/h1-3H,8H2. The molecule has 56 valence electrons. The number of nitrogens with two attached hydrogens (primary N) is 1. The fraction of sp³-hybridized carbons (Fsp3) is 0. The third kappa shape index (κ3) is 0.970. The quantitative estimate of drug-likeness (QED) is 0.712. The molecule has 11 heavy (non-hydrogen) atoms. The largest absolute Gasteiger partial charge is 0.397 e. The van der Waals surface area contributed by atoms with Crippen molar-refractivity contribution in [2.24, 2.45) is 0 Å². The molecule has 0 unspecified atom stereocenters. The van der Waals surface area contributed by atoms with Crippen molar-refractivity contribution in [3.05, 3.63) is 22.9 Å². The number of rotatable bonds is 0. The van der Waals surface area contributed by atoms with E-state index in [1.165, 1.54) is 4.63 Å². The van der Waals surface area contributed by atoms with Crippen LogP contribution in [-0.2, 0) is 0 Å². The highest BCUT2D eigenvalue weighted by Crippen LogP contribution is 2.17. The summed E-state index contributed by atoms with van der Waals surface area (Å²) in [7, 11) is 0. The van der Waals surface area contributed by atoms with Gasteiger partial charge in [0.05, 0.1) is 22.6 Å². The number of hydrogen-bond donors (Lipinski definition) is 1. The van der Waals surface area contributed by atoms with Crippen LogP contribution < -0.4 is 5.73 Å². The maximum Gasteiger partial charge on any atom is 0.104 e. The van der Waals surface area contributed by atoms with Crippen molar-refractivity contribution in [1.82, 2.24) is 14.8 Å². The van der Waals surface area contributed by atoms with Crippen LogP contribution in [0.3, 0.4) is 0 Å². The summed E-state index contributed by atoms with van der Waals surface area (Å²) in [4.78, 5) is 0. The molecule has 0 bridgehead atoms. The van der Waals surface area contributed by atoms with Crippen LogP contribution in [0.2, 0.25) is 0 Å². The molecule has 0 spiro atoms. The van der Waals surface area contributed by atoms with E-state index in [4.69, 9.17) is 5.73 Å². The summed E-state index contributed by atoms with van der Waals surface area (Å²) in [6.45, 7) is 0. The van der Waals surface area contributed by atoms with Crippen molar-refractivity contribution >= 4 is 27.1 Å². The summed E-state index contributed by atoms with van der Waals surface area (Å²) in [6, 6.07) is 1.81. The molecule has 0 aliphatic rings. The minimum absolute atomic E-state index is 0.638. The fourth-order valence-electron chi connectivity index (χ4n) is 0.864. The molecule has 0 aliphatic heterocycles. The number of nitrogen functional groups attached to an aromatic ring is 1. The Morgan fingerprint density at radius 2 is 2.09 bits per heavy atom. The van der Waals surface area contributed by atoms with E-state index in [2.05, 4.69) is 26.1 Å². The van der Waals surface area contributed by atoms with Crippen molar-refractivity contribution in [3.63, 3.8) is 0 Å². The van der Waals surface area contributed by atoms with E-state index in [1.54, 1.807) is 12.4 Å². The van der Waals surface area contributed by atoms with Gasteiger partial charge in [-0.05, 0) is 22.0 Å². The fourth-order valence-corrected chi connectivity index (χ4v) is 1.23. The second-order valence-electron chi connectivity index (χ2n) is 2.16. The van der Waals surface area contributed by atoms with Gasteiger partial charge in [0.25, 0.3) is 0 Å². The van der Waals surface area contributed by atoms with Gasteiger partial charge in [-0.1, -0.05) is 0 Å². The van der Waals surface area contributed by atoms with Gasteiger partial charge in [-0.25, -0.2) is 0 Å². The average Bonchev–Trinajstić information content (AvgIpc) is 2.33. The van der Waals surface area contributed by atoms with E-state index in [0.29, 0.717) is 5.69 Å². The Bertz CT molecular complexity index is 394. The second kappa shape index (κ2) is 2.20. The van der Waals surface area contributed by atoms with E-state index < -0.39 is 0 Å². The average molecular weight is 213 g/mol. The zero-order valence-corrected chi connectivity index (χ0v) is 7.12. The molecule has 0 atom stereocenters. The summed E-state index contributed by atoms with van der Waals surface area (Å²) < 4.78 is 2.41. The van der Waals surface area contributed by atoms with Gasteiger partial charge in [0.2, 0.25) is 0 Å².